The van der Waals surface area contributed by atoms with Crippen molar-refractivity contribution < 1.29 is 0 Å². The molecule has 0 bridgehead atoms. The monoisotopic (exact) mass is 775 g/mol. The topological polar surface area (TPSA) is 38.7 Å². The lowest BCUT2D eigenvalue weighted by Crippen LogP contribution is -2.55. The largest absolute Gasteiger partial charge is 0.208 e. The summed E-state index contributed by atoms with van der Waals surface area (Å²) in [5.74, 6) is 2.04. The van der Waals surface area contributed by atoms with Crippen molar-refractivity contribution in [2.45, 2.75) is 0 Å². The van der Waals surface area contributed by atoms with Crippen LogP contribution in [0.5, 0.6) is 0 Å². The first-order valence-corrected chi connectivity index (χ1v) is 21.8. The van der Waals surface area contributed by atoms with Crippen LogP contribution < -0.4 is 60.1 Å². The Kier molecular flexibility index (Phi) is 10.3. The van der Waals surface area contributed by atoms with Gasteiger partial charge in [0.25, 0.3) is 0 Å². The minimum atomic E-state index is 0.663. The third-order valence-electron chi connectivity index (χ3n) is 13.7. The Labute approximate surface area is 367 Å². The van der Waals surface area contributed by atoms with E-state index >= 15 is 0 Å². The van der Waals surface area contributed by atoms with E-state index in [2.05, 4.69) is 189 Å². The fourth-order valence-corrected chi connectivity index (χ4v) is 10.7. The maximum absolute atomic E-state index is 5.41. The molecule has 2 aromatic heterocycles. The zero-order valence-corrected chi connectivity index (χ0v) is 37.5. The van der Waals surface area contributed by atoms with E-state index < -0.39 is 0 Å². The molecule has 3 nitrogen and oxygen atoms in total. The van der Waals surface area contributed by atoms with Gasteiger partial charge < -0.3 is 0 Å². The van der Waals surface area contributed by atoms with Gasteiger partial charge in [-0.05, 0) is 38.8 Å². The van der Waals surface area contributed by atoms with Crippen molar-refractivity contribution in [2.75, 3.05) is 0 Å². The molecule has 0 saturated heterocycles. The van der Waals surface area contributed by atoms with Crippen LogP contribution in [-0.2, 0) is 0 Å². The highest BCUT2D eigenvalue weighted by Gasteiger charge is 2.27. The van der Waals surface area contributed by atoms with Crippen LogP contribution in [0.3, 0.4) is 0 Å². The molecule has 9 aromatic rings. The summed E-state index contributed by atoms with van der Waals surface area (Å²) in [7, 11) is 25.2. The van der Waals surface area contributed by atoms with Crippen molar-refractivity contribution in [3.05, 3.63) is 109 Å². The van der Waals surface area contributed by atoms with Crippen molar-refractivity contribution in [3.63, 3.8) is 0 Å². The summed E-state index contributed by atoms with van der Waals surface area (Å²) in [5.41, 5.74) is 25.2. The van der Waals surface area contributed by atoms with Crippen molar-refractivity contribution in [1.82, 2.24) is 15.0 Å². The fourth-order valence-electron chi connectivity index (χ4n) is 9.21. The summed E-state index contributed by atoms with van der Waals surface area (Å²) in [6, 6.07) is 38.3. The zero-order valence-electron chi connectivity index (χ0n) is 36.6. The highest BCUT2D eigenvalue weighted by Crippen LogP contribution is 2.41. The van der Waals surface area contributed by atoms with Gasteiger partial charge in [0.1, 0.15) is 86.3 Å². The molecule has 0 unspecified atom stereocenters. The molecule has 0 saturated carbocycles. The number of aromatic nitrogens is 3. The number of rotatable bonds is 6. The smallest absolute Gasteiger partial charge is 0.164 e. The van der Waals surface area contributed by atoms with Crippen LogP contribution >= 0.6 is 11.3 Å². The second-order valence-electron chi connectivity index (χ2n) is 16.7. The Hall–Kier alpha value is -5.52. The summed E-state index contributed by atoms with van der Waals surface area (Å²) >= 11 is 1.90. The lowest BCUT2D eigenvalue weighted by atomic mass is 9.58. The van der Waals surface area contributed by atoms with Gasteiger partial charge in [0.15, 0.2) is 17.5 Å². The van der Waals surface area contributed by atoms with Gasteiger partial charge in [-0.1, -0.05) is 142 Å². The van der Waals surface area contributed by atoms with E-state index in [0.29, 0.717) is 17.5 Å². The van der Waals surface area contributed by atoms with Crippen LogP contribution in [0, 0.1) is 0 Å². The quantitative estimate of drug-likeness (QED) is 0.158. The molecule has 0 fully saturated rings. The summed E-state index contributed by atoms with van der Waals surface area (Å²) in [5, 5.41) is 2.67. The molecule has 0 radical (unpaired) electrons. The fraction of sp³-hybridized carbons (Fsp3) is 0. The van der Waals surface area contributed by atoms with E-state index in [1.54, 1.807) is 0 Å². The molecule has 0 N–H and O–H groups in total. The average Bonchev–Trinajstić information content (AvgIpc) is 3.68. The van der Waals surface area contributed by atoms with Gasteiger partial charge in [-0.3, -0.25) is 0 Å². The molecule has 9 rings (SSSR count). The molecule has 0 aliphatic heterocycles. The van der Waals surface area contributed by atoms with Crippen LogP contribution in [0.15, 0.2) is 109 Å². The third kappa shape index (κ3) is 6.48. The van der Waals surface area contributed by atoms with Crippen molar-refractivity contribution >= 4 is 178 Å². The summed E-state index contributed by atoms with van der Waals surface area (Å²) in [6.07, 6.45) is 0. The Morgan fingerprint density at radius 1 is 0.267 bits per heavy atom. The maximum atomic E-state index is 5.41. The molecule has 0 aliphatic carbocycles. The van der Waals surface area contributed by atoms with E-state index in [9.17, 15) is 0 Å². The predicted molar refractivity (Wildman–Crippen MR) is 295 cm³/mol. The molecule has 2 heterocycles. The van der Waals surface area contributed by atoms with Crippen LogP contribution in [-0.4, -0.2) is 101 Å². The Balaban J connectivity index is 1.29. The van der Waals surface area contributed by atoms with Gasteiger partial charge in [0.2, 0.25) is 0 Å². The first kappa shape index (κ1) is 39.9. The molecule has 0 aliphatic rings. The van der Waals surface area contributed by atoms with E-state index in [0.717, 1.165) is 22.3 Å². The molecule has 274 valence electrons. The van der Waals surface area contributed by atoms with Crippen LogP contribution in [0.25, 0.3) is 87.7 Å². The molecular weight excluding hydrogens is 734 g/mol. The average molecular weight is 774 g/mol. The van der Waals surface area contributed by atoms with E-state index in [1.165, 1.54) is 108 Å². The third-order valence-corrected chi connectivity index (χ3v) is 15.0. The minimum Gasteiger partial charge on any atom is -0.208 e. The number of fused-ring (bicyclic) bond motifs is 3. The summed E-state index contributed by atoms with van der Waals surface area (Å²) < 4.78 is 2.58. The van der Waals surface area contributed by atoms with Crippen molar-refractivity contribution in [3.8, 4) is 67.5 Å². The summed E-state index contributed by atoms with van der Waals surface area (Å²) in [6.45, 7) is 0. The highest BCUT2D eigenvalue weighted by atomic mass is 32.1. The van der Waals surface area contributed by atoms with Crippen LogP contribution in [0.2, 0.25) is 0 Å². The lowest BCUT2D eigenvalue weighted by Gasteiger charge is -2.25. The van der Waals surface area contributed by atoms with Gasteiger partial charge >= 0.3 is 0 Å². The lowest BCUT2D eigenvalue weighted by molar-refractivity contribution is 1.08. The first-order chi connectivity index (χ1) is 28.8. The van der Waals surface area contributed by atoms with Gasteiger partial charge in [-0.2, -0.15) is 0 Å². The Bertz CT molecular complexity index is 3170. The zero-order chi connectivity index (χ0) is 42.1. The molecule has 0 atom stereocenters. The Morgan fingerprint density at radius 3 is 1.13 bits per heavy atom. The molecule has 60 heavy (non-hydrogen) atoms. The van der Waals surface area contributed by atoms with Crippen molar-refractivity contribution in [1.29, 1.82) is 0 Å². The predicted octanol–water partition coefficient (Wildman–Crippen LogP) is -6.92. The van der Waals surface area contributed by atoms with E-state index in [1.807, 2.05) is 17.4 Å². The molecule has 15 heteroatoms. The van der Waals surface area contributed by atoms with Gasteiger partial charge in [0.05, 0.1) is 0 Å². The Morgan fingerprint density at radius 2 is 0.617 bits per heavy atom. The normalized spacial score (nSPS) is 11.4. The summed E-state index contributed by atoms with van der Waals surface area (Å²) in [4.78, 5) is 15.9. The number of hydrogen-bond acceptors (Lipinski definition) is 4. The van der Waals surface area contributed by atoms with Crippen LogP contribution in [0.4, 0.5) is 0 Å². The second-order valence-corrected chi connectivity index (χ2v) is 17.7. The molecular formula is C45H40B11N3S. The van der Waals surface area contributed by atoms with E-state index in [-0.39, 0.29) is 0 Å². The molecule has 0 spiro atoms. The SMILES string of the molecule is Bc1c(B)c(B)c(-c2c(B)c(B)c(-c3nc(-c4ccccc4)nc(-c4ccc(-c5ccc(-c6ccccc6)cc5)cc4)n3)c3sc4c(B)c(B)c(B)c(B)c4c23)c(B)c1B. The number of nitrogens with zero attached hydrogens (tertiary/aromatic N) is 3. The number of hydrogen-bond donors (Lipinski definition) is 0. The molecule has 0 amide bonds. The first-order valence-electron chi connectivity index (χ1n) is 21.0. The van der Waals surface area contributed by atoms with Crippen molar-refractivity contribution in [2.24, 2.45) is 0 Å². The van der Waals surface area contributed by atoms with Gasteiger partial charge in [-0.25, -0.2) is 15.0 Å². The number of benzene rings is 7. The number of thiophene rings is 1. The second kappa shape index (κ2) is 15.5. The van der Waals surface area contributed by atoms with Crippen LogP contribution in [0.1, 0.15) is 0 Å². The minimum absolute atomic E-state index is 0.663. The standard InChI is InChI=1S/C45H40B11N3S/c46-30-25(27-31(47)35(51)38(54)36(52)32(27)48)26-28-33(49)37(53)39(55)40(56)42(28)60-41(26)29(34(30)50)45-58-43(23-9-5-2-6-10-23)57-44(59-45)24-17-15-22(16-18-24)21-13-11-20(12-14-21)19-7-3-1-4-8-19/h1-18H,46-56H2. The van der Waals surface area contributed by atoms with E-state index in [4.69, 9.17) is 15.0 Å². The maximum Gasteiger partial charge on any atom is 0.164 e. The van der Waals surface area contributed by atoms with Gasteiger partial charge in [-0.15, -0.1) is 38.7 Å². The van der Waals surface area contributed by atoms with Gasteiger partial charge in [0, 0.05) is 31.5 Å². The highest BCUT2D eigenvalue weighted by molar-refractivity contribution is 7.28. The molecule has 7 aromatic carbocycles.